The highest BCUT2D eigenvalue weighted by atomic mass is 16.6. The number of aliphatic hydroxyl groups is 1. The lowest BCUT2D eigenvalue weighted by Gasteiger charge is -2.25. The first-order valence-electron chi connectivity index (χ1n) is 7.49. The molecule has 0 aromatic carbocycles. The molecule has 0 aliphatic heterocycles. The van der Waals surface area contributed by atoms with Crippen molar-refractivity contribution >= 4 is 17.8 Å². The molecule has 0 aliphatic carbocycles. The van der Waals surface area contributed by atoms with Gasteiger partial charge in [0.1, 0.15) is 0 Å². The number of nitrogens with zero attached hydrogens (tertiary/aromatic N) is 1. The molecule has 0 heterocycles. The first kappa shape index (κ1) is 21.8. The minimum absolute atomic E-state index is 0.00968. The van der Waals surface area contributed by atoms with Crippen LogP contribution in [-0.4, -0.2) is 47.4 Å². The number of rotatable bonds is 9. The minimum Gasteiger partial charge on any atom is -0.462 e. The first-order valence-corrected chi connectivity index (χ1v) is 7.49. The van der Waals surface area contributed by atoms with E-state index in [2.05, 4.69) is 13.2 Å². The Kier molecular flexibility index (Phi) is 9.53. The van der Waals surface area contributed by atoms with Crippen molar-refractivity contribution in [3.8, 4) is 0 Å². The smallest absolute Gasteiger partial charge is 0.337 e. The second-order valence-electron chi connectivity index (χ2n) is 5.34. The predicted octanol–water partition coefficient (Wildman–Crippen LogP) is 1.54. The van der Waals surface area contributed by atoms with Gasteiger partial charge in [0.25, 0.3) is 11.8 Å². The molecule has 24 heavy (non-hydrogen) atoms. The van der Waals surface area contributed by atoms with Gasteiger partial charge in [0, 0.05) is 5.57 Å². The van der Waals surface area contributed by atoms with Crippen LogP contribution >= 0.6 is 0 Å². The van der Waals surface area contributed by atoms with E-state index in [0.29, 0.717) is 4.90 Å². The molecule has 0 bridgehead atoms. The van der Waals surface area contributed by atoms with Gasteiger partial charge in [-0.15, -0.1) is 0 Å². The second-order valence-corrected chi connectivity index (χ2v) is 5.34. The van der Waals surface area contributed by atoms with Gasteiger partial charge in [-0.3, -0.25) is 9.59 Å². The van der Waals surface area contributed by atoms with E-state index in [1.165, 1.54) is 13.0 Å². The average molecular weight is 339 g/mol. The van der Waals surface area contributed by atoms with E-state index < -0.39 is 24.2 Å². The molecule has 0 radical (unpaired) electrons. The molecule has 0 fully saturated rings. The van der Waals surface area contributed by atoms with Gasteiger partial charge >= 0.3 is 5.97 Å². The van der Waals surface area contributed by atoms with Crippen molar-refractivity contribution in [3.63, 3.8) is 0 Å². The summed E-state index contributed by atoms with van der Waals surface area (Å²) in [6.07, 6.45) is 0.302. The fraction of sp³-hybridized carbons (Fsp3) is 0.471. The van der Waals surface area contributed by atoms with E-state index in [4.69, 9.17) is 9.47 Å². The van der Waals surface area contributed by atoms with E-state index in [9.17, 15) is 19.5 Å². The Morgan fingerprint density at radius 3 is 2.33 bits per heavy atom. The highest BCUT2D eigenvalue weighted by Gasteiger charge is 2.29. The zero-order chi connectivity index (χ0) is 18.9. The summed E-state index contributed by atoms with van der Waals surface area (Å²) in [5, 5.41) is 9.98. The number of ether oxygens (including phenoxy) is 2. The van der Waals surface area contributed by atoms with Crippen molar-refractivity contribution in [2.24, 2.45) is 5.92 Å². The van der Waals surface area contributed by atoms with Crippen LogP contribution < -0.4 is 0 Å². The molecule has 1 unspecified atom stereocenters. The maximum Gasteiger partial charge on any atom is 0.337 e. The van der Waals surface area contributed by atoms with E-state index in [-0.39, 0.29) is 30.3 Å². The van der Waals surface area contributed by atoms with Crippen molar-refractivity contribution < 1.29 is 29.0 Å². The maximum absolute atomic E-state index is 12.4. The SMILES string of the molecule is C=CC(=O)N(C(=O)C(C)=CC(=C)C(=O)OCC)C(O)OCC(C)C. The highest BCUT2D eigenvalue weighted by molar-refractivity contribution is 6.08. The quantitative estimate of drug-likeness (QED) is 0.296. The number of imide groups is 1. The largest absolute Gasteiger partial charge is 0.462 e. The molecule has 1 N–H and O–H groups in total. The molecule has 0 aromatic rings. The molecule has 0 aliphatic rings. The number of hydrogen-bond acceptors (Lipinski definition) is 6. The van der Waals surface area contributed by atoms with E-state index in [1.54, 1.807) is 6.92 Å². The summed E-state index contributed by atoms with van der Waals surface area (Å²) in [5.74, 6) is -2.24. The van der Waals surface area contributed by atoms with Gasteiger partial charge in [-0.05, 0) is 31.9 Å². The molecule has 134 valence electrons. The molecule has 7 nitrogen and oxygen atoms in total. The summed E-state index contributed by atoms with van der Waals surface area (Å²) in [7, 11) is 0. The van der Waals surface area contributed by atoms with Crippen molar-refractivity contribution in [1.29, 1.82) is 0 Å². The average Bonchev–Trinajstić information content (AvgIpc) is 2.52. The third kappa shape index (κ3) is 6.89. The molecule has 0 saturated heterocycles. The lowest BCUT2D eigenvalue weighted by atomic mass is 10.1. The Balaban J connectivity index is 5.30. The molecule has 7 heteroatoms. The summed E-state index contributed by atoms with van der Waals surface area (Å²) < 4.78 is 9.86. The van der Waals surface area contributed by atoms with Crippen LogP contribution in [0.4, 0.5) is 0 Å². The van der Waals surface area contributed by atoms with E-state index >= 15 is 0 Å². The van der Waals surface area contributed by atoms with E-state index in [0.717, 1.165) is 6.08 Å². The molecular weight excluding hydrogens is 314 g/mol. The number of esters is 1. The summed E-state index contributed by atoms with van der Waals surface area (Å²) >= 11 is 0. The minimum atomic E-state index is -1.76. The third-order valence-corrected chi connectivity index (χ3v) is 2.70. The van der Waals surface area contributed by atoms with Crippen LogP contribution in [0.1, 0.15) is 27.7 Å². The maximum atomic E-state index is 12.4. The number of hydrogen-bond donors (Lipinski definition) is 1. The second kappa shape index (κ2) is 10.5. The van der Waals surface area contributed by atoms with Gasteiger partial charge in [-0.25, -0.2) is 9.69 Å². The molecular formula is C17H25NO6. The predicted molar refractivity (Wildman–Crippen MR) is 88.4 cm³/mol. The van der Waals surface area contributed by atoms with Crippen LogP contribution in [0.25, 0.3) is 0 Å². The van der Waals surface area contributed by atoms with Crippen LogP contribution in [0.3, 0.4) is 0 Å². The fourth-order valence-electron chi connectivity index (χ4n) is 1.56. The first-order chi connectivity index (χ1) is 11.1. The summed E-state index contributed by atoms with van der Waals surface area (Å²) in [6, 6.07) is 0. The van der Waals surface area contributed by atoms with Crippen LogP contribution in [0.5, 0.6) is 0 Å². The molecule has 0 spiro atoms. The molecule has 1 atom stereocenters. The standard InChI is InChI=1S/C17H25NO6/c1-7-14(19)18(17(22)24-10-11(3)4)15(20)12(5)9-13(6)16(21)23-8-2/h7,9,11,17,22H,1,6,8,10H2,2-5H3. The normalized spacial score (nSPS) is 12.5. The molecule has 2 amide bonds. The summed E-state index contributed by atoms with van der Waals surface area (Å²) in [6.45, 7) is 13.8. The van der Waals surface area contributed by atoms with Crippen LogP contribution in [0.15, 0.2) is 36.5 Å². The molecule has 0 rings (SSSR count). The lowest BCUT2D eigenvalue weighted by Crippen LogP contribution is -2.46. The Labute approximate surface area is 142 Å². The van der Waals surface area contributed by atoms with Gasteiger partial charge in [0.2, 0.25) is 6.41 Å². The van der Waals surface area contributed by atoms with Crippen molar-refractivity contribution in [2.75, 3.05) is 13.2 Å². The topological polar surface area (TPSA) is 93.1 Å². The molecule has 0 aromatic heterocycles. The Hall–Kier alpha value is -2.25. The van der Waals surface area contributed by atoms with Gasteiger partial charge in [-0.1, -0.05) is 27.0 Å². The van der Waals surface area contributed by atoms with Gasteiger partial charge < -0.3 is 14.6 Å². The zero-order valence-corrected chi connectivity index (χ0v) is 14.6. The number of carbonyl (C=O) groups excluding carboxylic acids is 3. The number of aliphatic hydroxyl groups excluding tert-OH is 1. The van der Waals surface area contributed by atoms with Gasteiger partial charge in [0.15, 0.2) is 0 Å². The third-order valence-electron chi connectivity index (χ3n) is 2.70. The monoisotopic (exact) mass is 339 g/mol. The van der Waals surface area contributed by atoms with Crippen molar-refractivity contribution in [2.45, 2.75) is 34.1 Å². The van der Waals surface area contributed by atoms with Gasteiger partial charge in [0.05, 0.1) is 18.8 Å². The summed E-state index contributed by atoms with van der Waals surface area (Å²) in [4.78, 5) is 36.3. The highest BCUT2D eigenvalue weighted by Crippen LogP contribution is 2.11. The Bertz CT molecular complexity index is 535. The molecule has 0 saturated carbocycles. The number of amides is 2. The van der Waals surface area contributed by atoms with Crippen LogP contribution in [-0.2, 0) is 23.9 Å². The van der Waals surface area contributed by atoms with Crippen LogP contribution in [0.2, 0.25) is 0 Å². The van der Waals surface area contributed by atoms with E-state index in [1.807, 2.05) is 13.8 Å². The summed E-state index contributed by atoms with van der Waals surface area (Å²) in [5.41, 5.74) is -0.0401. The fourth-order valence-corrected chi connectivity index (χ4v) is 1.56. The van der Waals surface area contributed by atoms with Crippen molar-refractivity contribution in [3.05, 3.63) is 36.5 Å². The van der Waals surface area contributed by atoms with Crippen molar-refractivity contribution in [1.82, 2.24) is 4.90 Å². The van der Waals surface area contributed by atoms with Crippen LogP contribution in [0, 0.1) is 5.92 Å². The Morgan fingerprint density at radius 1 is 1.29 bits per heavy atom. The Morgan fingerprint density at radius 2 is 1.88 bits per heavy atom. The number of carbonyl (C=O) groups is 3. The van der Waals surface area contributed by atoms with Gasteiger partial charge in [-0.2, -0.15) is 0 Å². The zero-order valence-electron chi connectivity index (χ0n) is 14.6. The lowest BCUT2D eigenvalue weighted by molar-refractivity contribution is -0.201.